The second kappa shape index (κ2) is 8.50. The zero-order valence-corrected chi connectivity index (χ0v) is 12.9. The minimum absolute atomic E-state index is 0.0479. The van der Waals surface area contributed by atoms with Crippen molar-refractivity contribution in [2.45, 2.75) is 45.4 Å². The minimum Gasteiger partial charge on any atom is -0.484 e. The molecule has 2 rings (SSSR count). The van der Waals surface area contributed by atoms with Crippen LogP contribution in [0.4, 0.5) is 0 Å². The molecule has 0 unspecified atom stereocenters. The molecule has 21 heavy (non-hydrogen) atoms. The average molecular weight is 287 g/mol. The van der Waals surface area contributed by atoms with E-state index in [0.717, 1.165) is 18.6 Å². The highest BCUT2D eigenvalue weighted by atomic mass is 16.5. The molecule has 3 heteroatoms. The van der Waals surface area contributed by atoms with E-state index in [2.05, 4.69) is 24.4 Å². The predicted molar refractivity (Wildman–Crippen MR) is 85.5 cm³/mol. The summed E-state index contributed by atoms with van der Waals surface area (Å²) in [6.45, 7) is 2.90. The van der Waals surface area contributed by atoms with Gasteiger partial charge in [0.2, 0.25) is 0 Å². The molecular weight excluding hydrogens is 262 g/mol. The Morgan fingerprint density at radius 1 is 1.33 bits per heavy atom. The van der Waals surface area contributed by atoms with E-state index in [-0.39, 0.29) is 12.5 Å². The monoisotopic (exact) mass is 287 g/mol. The van der Waals surface area contributed by atoms with Gasteiger partial charge in [-0.3, -0.25) is 4.79 Å². The zero-order chi connectivity index (χ0) is 14.9. The van der Waals surface area contributed by atoms with Crippen LogP contribution in [-0.2, 0) is 11.2 Å². The lowest BCUT2D eigenvalue weighted by Gasteiger charge is -2.13. The number of carbonyl (C=O) groups excluding carboxylic acids is 1. The summed E-state index contributed by atoms with van der Waals surface area (Å²) in [7, 11) is 0. The Bertz CT molecular complexity index is 494. The number of allylic oxidation sites excluding steroid dienone is 1. The number of hydrogen-bond donors (Lipinski definition) is 1. The molecule has 0 atom stereocenters. The third kappa shape index (κ3) is 5.62. The summed E-state index contributed by atoms with van der Waals surface area (Å²) in [4.78, 5) is 11.8. The highest BCUT2D eigenvalue weighted by molar-refractivity contribution is 5.77. The normalized spacial score (nSPS) is 14.4. The maximum atomic E-state index is 11.8. The highest BCUT2D eigenvalue weighted by Crippen LogP contribution is 2.19. The maximum absolute atomic E-state index is 11.8. The first-order chi connectivity index (χ1) is 10.3. The summed E-state index contributed by atoms with van der Waals surface area (Å²) >= 11 is 0. The van der Waals surface area contributed by atoms with Gasteiger partial charge in [0.1, 0.15) is 5.75 Å². The van der Waals surface area contributed by atoms with E-state index in [1.807, 2.05) is 18.2 Å². The van der Waals surface area contributed by atoms with Crippen molar-refractivity contribution in [2.24, 2.45) is 0 Å². The van der Waals surface area contributed by atoms with E-state index in [1.165, 1.54) is 36.8 Å². The van der Waals surface area contributed by atoms with E-state index in [1.54, 1.807) is 0 Å². The molecule has 1 aliphatic carbocycles. The average Bonchev–Trinajstić information content (AvgIpc) is 2.54. The summed E-state index contributed by atoms with van der Waals surface area (Å²) in [5, 5.41) is 2.92. The van der Waals surface area contributed by atoms with Crippen LogP contribution in [0.15, 0.2) is 35.9 Å². The van der Waals surface area contributed by atoms with Crippen LogP contribution in [0.25, 0.3) is 0 Å². The largest absolute Gasteiger partial charge is 0.484 e. The van der Waals surface area contributed by atoms with Gasteiger partial charge in [-0.1, -0.05) is 30.7 Å². The molecule has 0 spiro atoms. The van der Waals surface area contributed by atoms with Gasteiger partial charge >= 0.3 is 0 Å². The van der Waals surface area contributed by atoms with Crippen LogP contribution >= 0.6 is 0 Å². The number of ether oxygens (including phenoxy) is 1. The van der Waals surface area contributed by atoms with Crippen molar-refractivity contribution >= 4 is 5.91 Å². The van der Waals surface area contributed by atoms with Gasteiger partial charge in [-0.15, -0.1) is 0 Å². The number of carbonyl (C=O) groups is 1. The highest BCUT2D eigenvalue weighted by Gasteiger charge is 2.06. The first kappa shape index (κ1) is 15.6. The van der Waals surface area contributed by atoms with Gasteiger partial charge in [-0.25, -0.2) is 0 Å². The fourth-order valence-electron chi connectivity index (χ4n) is 2.55. The van der Waals surface area contributed by atoms with Crippen LogP contribution in [0.5, 0.6) is 5.75 Å². The molecule has 1 amide bonds. The van der Waals surface area contributed by atoms with Crippen LogP contribution in [0.1, 0.15) is 44.6 Å². The quantitative estimate of drug-likeness (QED) is 0.778. The van der Waals surface area contributed by atoms with E-state index >= 15 is 0 Å². The van der Waals surface area contributed by atoms with Crippen LogP contribution in [0, 0.1) is 0 Å². The van der Waals surface area contributed by atoms with E-state index in [0.29, 0.717) is 6.54 Å². The summed E-state index contributed by atoms with van der Waals surface area (Å²) in [5.41, 5.74) is 2.70. The summed E-state index contributed by atoms with van der Waals surface area (Å²) in [6, 6.07) is 7.89. The van der Waals surface area contributed by atoms with E-state index < -0.39 is 0 Å². The Balaban J connectivity index is 1.66. The van der Waals surface area contributed by atoms with E-state index in [9.17, 15) is 4.79 Å². The van der Waals surface area contributed by atoms with Crippen molar-refractivity contribution in [2.75, 3.05) is 13.2 Å². The molecule has 0 aliphatic heterocycles. The number of hydrogen-bond acceptors (Lipinski definition) is 2. The Hall–Kier alpha value is -1.77. The minimum atomic E-state index is -0.0479. The van der Waals surface area contributed by atoms with Crippen molar-refractivity contribution in [1.82, 2.24) is 5.32 Å². The van der Waals surface area contributed by atoms with Gasteiger partial charge in [-0.2, -0.15) is 0 Å². The SMILES string of the molecule is CCc1cccc(OCC(=O)NCCC2=CCCCC2)c1. The Morgan fingerprint density at radius 3 is 3.00 bits per heavy atom. The second-order valence-corrected chi connectivity index (χ2v) is 5.50. The molecule has 0 saturated heterocycles. The number of amides is 1. The van der Waals surface area contributed by atoms with Crippen molar-refractivity contribution < 1.29 is 9.53 Å². The third-order valence-corrected chi connectivity index (χ3v) is 3.83. The molecule has 1 N–H and O–H groups in total. The smallest absolute Gasteiger partial charge is 0.257 e. The molecule has 0 fully saturated rings. The standard InChI is InChI=1S/C18H25NO2/c1-2-15-9-6-10-17(13-15)21-14-18(20)19-12-11-16-7-4-3-5-8-16/h6-7,9-10,13H,2-5,8,11-12,14H2,1H3,(H,19,20). The van der Waals surface area contributed by atoms with Gasteiger partial charge < -0.3 is 10.1 Å². The molecule has 3 nitrogen and oxygen atoms in total. The maximum Gasteiger partial charge on any atom is 0.257 e. The topological polar surface area (TPSA) is 38.3 Å². The van der Waals surface area contributed by atoms with Crippen LogP contribution in [0.2, 0.25) is 0 Å². The first-order valence-corrected chi connectivity index (χ1v) is 7.94. The molecule has 0 saturated carbocycles. The Morgan fingerprint density at radius 2 is 2.24 bits per heavy atom. The van der Waals surface area contributed by atoms with Crippen molar-refractivity contribution in [1.29, 1.82) is 0 Å². The van der Waals surface area contributed by atoms with Crippen LogP contribution < -0.4 is 10.1 Å². The first-order valence-electron chi connectivity index (χ1n) is 7.94. The third-order valence-electron chi connectivity index (χ3n) is 3.83. The van der Waals surface area contributed by atoms with Gasteiger partial charge in [0, 0.05) is 6.54 Å². The Kier molecular flexibility index (Phi) is 6.32. The fourth-order valence-corrected chi connectivity index (χ4v) is 2.55. The lowest BCUT2D eigenvalue weighted by atomic mass is 9.97. The second-order valence-electron chi connectivity index (χ2n) is 5.50. The van der Waals surface area contributed by atoms with Crippen molar-refractivity contribution in [3.05, 3.63) is 41.5 Å². The van der Waals surface area contributed by atoms with E-state index in [4.69, 9.17) is 4.74 Å². The van der Waals surface area contributed by atoms with Crippen molar-refractivity contribution in [3.8, 4) is 5.75 Å². The predicted octanol–water partition coefficient (Wildman–Crippen LogP) is 3.63. The summed E-state index contributed by atoms with van der Waals surface area (Å²) in [6.07, 6.45) is 9.24. The summed E-state index contributed by atoms with van der Waals surface area (Å²) in [5.74, 6) is 0.716. The van der Waals surface area contributed by atoms with Gasteiger partial charge in [0.05, 0.1) is 0 Å². The Labute approximate surface area is 127 Å². The van der Waals surface area contributed by atoms with Gasteiger partial charge in [0.15, 0.2) is 6.61 Å². The summed E-state index contributed by atoms with van der Waals surface area (Å²) < 4.78 is 5.53. The number of aryl methyl sites for hydroxylation is 1. The molecule has 114 valence electrons. The zero-order valence-electron chi connectivity index (χ0n) is 12.9. The lowest BCUT2D eigenvalue weighted by Crippen LogP contribution is -2.30. The number of benzene rings is 1. The van der Waals surface area contributed by atoms with Crippen molar-refractivity contribution in [3.63, 3.8) is 0 Å². The van der Waals surface area contributed by atoms with Gasteiger partial charge in [0.25, 0.3) is 5.91 Å². The molecule has 0 radical (unpaired) electrons. The molecule has 0 bridgehead atoms. The fraction of sp³-hybridized carbons (Fsp3) is 0.500. The molecule has 1 aromatic rings. The number of nitrogens with one attached hydrogen (secondary N) is 1. The van der Waals surface area contributed by atoms with Gasteiger partial charge in [-0.05, 0) is 56.2 Å². The molecule has 0 heterocycles. The lowest BCUT2D eigenvalue weighted by molar-refractivity contribution is -0.123. The molecule has 1 aliphatic rings. The van der Waals surface area contributed by atoms with Crippen LogP contribution in [0.3, 0.4) is 0 Å². The van der Waals surface area contributed by atoms with Crippen LogP contribution in [-0.4, -0.2) is 19.1 Å². The number of rotatable bonds is 7. The molecular formula is C18H25NO2. The molecule has 0 aromatic heterocycles. The molecule has 1 aromatic carbocycles.